The lowest BCUT2D eigenvalue weighted by molar-refractivity contribution is -0.0154. The second kappa shape index (κ2) is 8.99. The molecule has 0 unspecified atom stereocenters. The van der Waals surface area contributed by atoms with Crippen LogP contribution in [0.3, 0.4) is 0 Å². The first-order valence-corrected chi connectivity index (χ1v) is 12.9. The van der Waals surface area contributed by atoms with E-state index in [0.717, 1.165) is 42.3 Å². The predicted octanol–water partition coefficient (Wildman–Crippen LogP) is 2.77. The van der Waals surface area contributed by atoms with Gasteiger partial charge in [0.25, 0.3) is 0 Å². The maximum absolute atomic E-state index is 12.8. The van der Waals surface area contributed by atoms with E-state index in [-0.39, 0.29) is 25.2 Å². The van der Waals surface area contributed by atoms with E-state index in [1.165, 1.54) is 4.90 Å². The summed E-state index contributed by atoms with van der Waals surface area (Å²) in [4.78, 5) is 18.1. The number of likely N-dealkylation sites (tertiary alicyclic amines) is 1. The number of aromatic nitrogens is 1. The molecule has 2 saturated heterocycles. The molecule has 1 N–H and O–H groups in total. The maximum Gasteiger partial charge on any atom is 0.410 e. The molecule has 10 heteroatoms. The van der Waals surface area contributed by atoms with Crippen molar-refractivity contribution in [3.05, 3.63) is 30.2 Å². The first-order chi connectivity index (χ1) is 15.5. The Bertz CT molecular complexity index is 1050. The highest BCUT2D eigenvalue weighted by atomic mass is 32.2. The largest absolute Gasteiger partial charge is 0.462 e. The molecule has 3 aliphatic rings. The molecule has 2 aliphatic heterocycles. The zero-order valence-electron chi connectivity index (χ0n) is 17.9. The number of rotatable bonds is 5. The molecule has 5 rings (SSSR count). The first-order valence-electron chi connectivity index (χ1n) is 11.4. The zero-order chi connectivity index (χ0) is 22.1. The van der Waals surface area contributed by atoms with E-state index in [4.69, 9.17) is 13.9 Å². The van der Waals surface area contributed by atoms with Crippen LogP contribution in [0, 0.1) is 0 Å². The number of carbonyl (C=O) groups excluding carboxylic acids is 1. The number of nitrogens with zero attached hydrogens (tertiary/aromatic N) is 2. The number of hydrogen-bond donors (Lipinski definition) is 1. The van der Waals surface area contributed by atoms with Crippen molar-refractivity contribution in [2.45, 2.75) is 61.8 Å². The van der Waals surface area contributed by atoms with Crippen molar-refractivity contribution in [3.8, 4) is 0 Å². The Labute approximate surface area is 187 Å². The Morgan fingerprint density at radius 1 is 1.12 bits per heavy atom. The Hall–Kier alpha value is -2.17. The molecule has 2 aromatic heterocycles. The van der Waals surface area contributed by atoms with Crippen molar-refractivity contribution < 1.29 is 27.1 Å². The third-order valence-corrected chi connectivity index (χ3v) is 8.67. The molecule has 1 saturated carbocycles. The van der Waals surface area contributed by atoms with Crippen LogP contribution in [0.25, 0.3) is 11.1 Å². The minimum absolute atomic E-state index is 0.0781. The van der Waals surface area contributed by atoms with Crippen LogP contribution in [-0.2, 0) is 19.5 Å². The summed E-state index contributed by atoms with van der Waals surface area (Å²) in [6, 6.07) is 3.69. The highest BCUT2D eigenvalue weighted by Gasteiger charge is 2.42. The van der Waals surface area contributed by atoms with Crippen LogP contribution in [0.5, 0.6) is 0 Å². The van der Waals surface area contributed by atoms with Crippen molar-refractivity contribution in [3.63, 3.8) is 0 Å². The number of fused-ring (bicyclic) bond motifs is 1. The summed E-state index contributed by atoms with van der Waals surface area (Å²) in [6.45, 7) is 1.54. The lowest BCUT2D eigenvalue weighted by Gasteiger charge is -2.39. The van der Waals surface area contributed by atoms with E-state index in [1.54, 1.807) is 12.5 Å². The lowest BCUT2D eigenvalue weighted by Crippen LogP contribution is -2.60. The summed E-state index contributed by atoms with van der Waals surface area (Å²) in [5.41, 5.74) is 2.80. The third kappa shape index (κ3) is 4.49. The van der Waals surface area contributed by atoms with Gasteiger partial charge in [-0.25, -0.2) is 17.9 Å². The lowest BCUT2D eigenvalue weighted by atomic mass is 9.82. The number of ether oxygens (including phenoxy) is 2. The number of sulfonamides is 1. The van der Waals surface area contributed by atoms with Gasteiger partial charge in [0.2, 0.25) is 10.0 Å². The summed E-state index contributed by atoms with van der Waals surface area (Å²) in [5, 5.41) is -0.579. The summed E-state index contributed by atoms with van der Waals surface area (Å²) in [7, 11) is -3.48. The number of carbonyl (C=O) groups is 1. The summed E-state index contributed by atoms with van der Waals surface area (Å²) in [5.74, 6) is 0.325. The quantitative estimate of drug-likeness (QED) is 0.726. The summed E-state index contributed by atoms with van der Waals surface area (Å²) >= 11 is 0. The Kier molecular flexibility index (Phi) is 6.09. The number of nitrogens with one attached hydrogen (secondary N) is 1. The molecule has 0 spiro atoms. The fourth-order valence-corrected chi connectivity index (χ4v) is 6.47. The van der Waals surface area contributed by atoms with Crippen LogP contribution in [0.1, 0.15) is 50.0 Å². The minimum Gasteiger partial charge on any atom is -0.462 e. The molecule has 3 fully saturated rings. The predicted molar refractivity (Wildman–Crippen MR) is 117 cm³/mol. The van der Waals surface area contributed by atoms with Crippen molar-refractivity contribution in [1.82, 2.24) is 14.6 Å². The monoisotopic (exact) mass is 463 g/mol. The first kappa shape index (κ1) is 21.7. The molecule has 9 nitrogen and oxygen atoms in total. The normalized spacial score (nSPS) is 25.6. The van der Waals surface area contributed by atoms with Crippen LogP contribution in [-0.4, -0.2) is 68.1 Å². The van der Waals surface area contributed by atoms with Gasteiger partial charge in [0, 0.05) is 43.7 Å². The SMILES string of the molecule is O=C(OC1CCOCC1)N1CC(S(=O)(=O)N[C@H]2CC[C@H](c3coc4cccnc43)CC2)C1. The van der Waals surface area contributed by atoms with Crippen molar-refractivity contribution in [1.29, 1.82) is 0 Å². The molecule has 0 atom stereocenters. The number of furan rings is 1. The summed E-state index contributed by atoms with van der Waals surface area (Å²) in [6.07, 6.45) is 7.67. The van der Waals surface area contributed by atoms with E-state index in [0.29, 0.717) is 32.0 Å². The smallest absolute Gasteiger partial charge is 0.410 e. The Balaban J connectivity index is 1.09. The average Bonchev–Trinajstić information content (AvgIpc) is 3.17. The van der Waals surface area contributed by atoms with Gasteiger partial charge < -0.3 is 18.8 Å². The molecule has 4 heterocycles. The van der Waals surface area contributed by atoms with E-state index >= 15 is 0 Å². The molecular formula is C22H29N3O6S. The van der Waals surface area contributed by atoms with Gasteiger partial charge in [-0.15, -0.1) is 0 Å². The van der Waals surface area contributed by atoms with Crippen LogP contribution in [0.2, 0.25) is 0 Å². The van der Waals surface area contributed by atoms with Gasteiger partial charge in [0.05, 0.1) is 19.5 Å². The van der Waals surface area contributed by atoms with Gasteiger partial charge in [0.15, 0.2) is 5.58 Å². The second-order valence-electron chi connectivity index (χ2n) is 8.98. The molecule has 174 valence electrons. The fourth-order valence-electron chi connectivity index (χ4n) is 4.82. The highest BCUT2D eigenvalue weighted by Crippen LogP contribution is 2.37. The second-order valence-corrected chi connectivity index (χ2v) is 11.0. The van der Waals surface area contributed by atoms with Gasteiger partial charge in [-0.3, -0.25) is 4.98 Å². The molecule has 0 bridgehead atoms. The fraction of sp³-hybridized carbons (Fsp3) is 0.636. The number of hydrogen-bond acceptors (Lipinski definition) is 7. The van der Waals surface area contributed by atoms with Crippen molar-refractivity contribution in [2.75, 3.05) is 26.3 Å². The molecule has 0 aromatic carbocycles. The van der Waals surface area contributed by atoms with Gasteiger partial charge in [-0.05, 0) is 43.7 Å². The van der Waals surface area contributed by atoms with E-state index in [9.17, 15) is 13.2 Å². The van der Waals surface area contributed by atoms with E-state index in [1.807, 2.05) is 12.1 Å². The highest BCUT2D eigenvalue weighted by molar-refractivity contribution is 7.90. The molecule has 1 amide bonds. The standard InChI is InChI=1S/C22H29N3O6S/c26-22(31-17-7-10-29-11-8-17)25-12-18(13-25)32(27,28)24-16-5-3-15(4-6-16)19-14-30-20-2-1-9-23-21(19)20/h1-2,9,14-18,24H,3-8,10-13H2/t15-,16-. The molecule has 2 aromatic rings. The van der Waals surface area contributed by atoms with Gasteiger partial charge in [0.1, 0.15) is 16.9 Å². The molecule has 0 radical (unpaired) electrons. The maximum atomic E-state index is 12.8. The number of pyridine rings is 1. The van der Waals surface area contributed by atoms with Crippen molar-refractivity contribution in [2.24, 2.45) is 0 Å². The van der Waals surface area contributed by atoms with Crippen LogP contribution in [0.4, 0.5) is 4.79 Å². The topological polar surface area (TPSA) is 111 Å². The van der Waals surface area contributed by atoms with Gasteiger partial charge in [-0.1, -0.05) is 0 Å². The zero-order valence-corrected chi connectivity index (χ0v) is 18.8. The average molecular weight is 464 g/mol. The third-order valence-electron chi connectivity index (χ3n) is 6.84. The van der Waals surface area contributed by atoms with Crippen molar-refractivity contribution >= 4 is 27.2 Å². The molecular weight excluding hydrogens is 434 g/mol. The summed E-state index contributed by atoms with van der Waals surface area (Å²) < 4.78 is 44.8. The van der Waals surface area contributed by atoms with E-state index in [2.05, 4.69) is 9.71 Å². The molecule has 32 heavy (non-hydrogen) atoms. The van der Waals surface area contributed by atoms with Crippen LogP contribution in [0.15, 0.2) is 29.0 Å². The minimum atomic E-state index is -3.48. The molecule has 1 aliphatic carbocycles. The Morgan fingerprint density at radius 3 is 2.62 bits per heavy atom. The van der Waals surface area contributed by atoms with Crippen LogP contribution >= 0.6 is 0 Å². The van der Waals surface area contributed by atoms with E-state index < -0.39 is 21.4 Å². The van der Waals surface area contributed by atoms with Crippen LogP contribution < -0.4 is 4.72 Å². The van der Waals surface area contributed by atoms with Gasteiger partial charge in [-0.2, -0.15) is 0 Å². The Morgan fingerprint density at radius 2 is 1.88 bits per heavy atom. The van der Waals surface area contributed by atoms with Gasteiger partial charge >= 0.3 is 6.09 Å². The number of amides is 1.